The van der Waals surface area contributed by atoms with Crippen LogP contribution in [0.2, 0.25) is 0 Å². The van der Waals surface area contributed by atoms with Crippen LogP contribution in [0.25, 0.3) is 0 Å². The minimum Gasteiger partial charge on any atom is -0.490 e. The number of methoxy groups -OCH3 is 1. The second-order valence-corrected chi connectivity index (χ2v) is 9.37. The van der Waals surface area contributed by atoms with Crippen molar-refractivity contribution in [1.82, 2.24) is 16.1 Å². The zero-order valence-corrected chi connectivity index (χ0v) is 23.9. The Morgan fingerprint density at radius 3 is 2.67 bits per heavy atom. The minimum atomic E-state index is -1.16. The molecule has 0 aromatic heterocycles. The highest BCUT2D eigenvalue weighted by molar-refractivity contribution is 5.95. The van der Waals surface area contributed by atoms with Gasteiger partial charge in [-0.15, -0.1) is 0 Å². The summed E-state index contributed by atoms with van der Waals surface area (Å²) in [4.78, 5) is 24.5. The van der Waals surface area contributed by atoms with Gasteiger partial charge in [0.1, 0.15) is 24.8 Å². The molecule has 2 atom stereocenters. The van der Waals surface area contributed by atoms with E-state index in [9.17, 15) is 19.1 Å². The number of ether oxygens (including phenoxy) is 4. The average Bonchev–Trinajstić information content (AvgIpc) is 2.99. The van der Waals surface area contributed by atoms with Crippen molar-refractivity contribution in [1.29, 1.82) is 0 Å². The number of carbonyl (C=O) groups is 2. The van der Waals surface area contributed by atoms with Crippen LogP contribution in [-0.4, -0.2) is 49.9 Å². The molecule has 4 N–H and O–H groups in total. The van der Waals surface area contributed by atoms with Crippen molar-refractivity contribution >= 4 is 18.2 Å². The number of allylic oxidation sites excluding steroid dienone is 1. The lowest BCUT2D eigenvalue weighted by Crippen LogP contribution is -2.45. The van der Waals surface area contributed by atoms with Gasteiger partial charge in [-0.25, -0.2) is 14.0 Å². The lowest BCUT2D eigenvalue weighted by atomic mass is 9.95. The first-order valence-electron chi connectivity index (χ1n) is 13.5. The Balaban J connectivity index is 1.36. The van der Waals surface area contributed by atoms with Crippen LogP contribution in [0, 0.1) is 5.82 Å². The number of amides is 2. The smallest absolute Gasteiger partial charge is 0.337 e. The van der Waals surface area contributed by atoms with E-state index < -0.39 is 24.3 Å². The number of carbonyl (C=O) groups excluding carboxylic acids is 2. The molecular weight excluding hydrogens is 559 g/mol. The third kappa shape index (κ3) is 8.23. The van der Waals surface area contributed by atoms with Crippen molar-refractivity contribution in [3.05, 3.63) is 101 Å². The first kappa shape index (κ1) is 30.8. The third-order valence-corrected chi connectivity index (χ3v) is 6.32. The topological polar surface area (TPSA) is 140 Å². The molecule has 11 nitrogen and oxygen atoms in total. The van der Waals surface area contributed by atoms with E-state index >= 15 is 0 Å². The summed E-state index contributed by atoms with van der Waals surface area (Å²) >= 11 is 0. The number of urea groups is 1. The standard InChI is InChI=1S/C31H33FN4O7/c1-4-41-26-15-21(29-28(30(38)40-3)19(2)34-31(39)35-29)12-13-25(26)43-18-27(37)36-33-16-20-8-7-10-23(14-20)42-17-22-9-5-6-11-24(22)32/h5-16,27,29,36-37H,4,17-18H2,1-3H3,(H2,34,35,39)/b33-16+/t27-,29+/m0/s1. The number of rotatable bonds is 13. The molecule has 1 heterocycles. The number of esters is 1. The monoisotopic (exact) mass is 592 g/mol. The lowest BCUT2D eigenvalue weighted by molar-refractivity contribution is -0.136. The SMILES string of the molecule is CCOc1cc([C@H]2NC(=O)NC(C)=C2C(=O)OC)ccc1OC[C@H](O)N/N=C/c1cccc(OCc2ccccc2F)c1. The van der Waals surface area contributed by atoms with Crippen molar-refractivity contribution in [3.63, 3.8) is 0 Å². The first-order chi connectivity index (χ1) is 20.8. The van der Waals surface area contributed by atoms with Crippen molar-refractivity contribution in [2.75, 3.05) is 20.3 Å². The van der Waals surface area contributed by atoms with Crippen molar-refractivity contribution in [3.8, 4) is 17.2 Å². The Morgan fingerprint density at radius 1 is 1.09 bits per heavy atom. The predicted molar refractivity (Wildman–Crippen MR) is 156 cm³/mol. The van der Waals surface area contributed by atoms with Crippen LogP contribution in [-0.2, 0) is 16.1 Å². The van der Waals surface area contributed by atoms with Gasteiger partial charge in [0.25, 0.3) is 0 Å². The fraction of sp³-hybridized carbons (Fsp3) is 0.258. The Kier molecular flexibility index (Phi) is 10.5. The molecule has 1 aliphatic heterocycles. The van der Waals surface area contributed by atoms with E-state index in [0.29, 0.717) is 46.2 Å². The molecule has 2 amide bonds. The summed E-state index contributed by atoms with van der Waals surface area (Å²) in [6.45, 7) is 3.66. The molecule has 0 aliphatic carbocycles. The number of hydrazone groups is 1. The van der Waals surface area contributed by atoms with Crippen LogP contribution < -0.4 is 30.3 Å². The number of nitrogens with zero attached hydrogens (tertiary/aromatic N) is 1. The normalized spacial score (nSPS) is 15.4. The highest BCUT2D eigenvalue weighted by Gasteiger charge is 2.32. The maximum Gasteiger partial charge on any atom is 0.337 e. The van der Waals surface area contributed by atoms with Crippen molar-refractivity contribution in [2.45, 2.75) is 32.7 Å². The van der Waals surface area contributed by atoms with Gasteiger partial charge in [-0.2, -0.15) is 5.10 Å². The predicted octanol–water partition coefficient (Wildman–Crippen LogP) is 3.93. The maximum absolute atomic E-state index is 13.8. The largest absolute Gasteiger partial charge is 0.490 e. The van der Waals surface area contributed by atoms with E-state index in [2.05, 4.69) is 21.2 Å². The molecule has 3 aromatic carbocycles. The molecule has 1 aliphatic rings. The number of hydrogen-bond donors (Lipinski definition) is 4. The maximum atomic E-state index is 13.8. The molecular formula is C31H33FN4O7. The number of halogens is 1. The highest BCUT2D eigenvalue weighted by Crippen LogP contribution is 2.35. The fourth-order valence-electron chi connectivity index (χ4n) is 4.28. The third-order valence-electron chi connectivity index (χ3n) is 6.32. The Hall–Kier alpha value is -5.10. The van der Waals surface area contributed by atoms with E-state index in [0.717, 1.165) is 0 Å². The summed E-state index contributed by atoms with van der Waals surface area (Å²) in [5.74, 6) is 0.328. The van der Waals surface area contributed by atoms with Crippen LogP contribution in [0.3, 0.4) is 0 Å². The zero-order valence-electron chi connectivity index (χ0n) is 23.9. The van der Waals surface area contributed by atoms with E-state index in [1.807, 2.05) is 0 Å². The second-order valence-electron chi connectivity index (χ2n) is 9.37. The van der Waals surface area contributed by atoms with Gasteiger partial charge in [0.15, 0.2) is 17.7 Å². The van der Waals surface area contributed by atoms with Crippen LogP contribution in [0.5, 0.6) is 17.2 Å². The summed E-state index contributed by atoms with van der Waals surface area (Å²) in [6, 6.07) is 17.2. The second kappa shape index (κ2) is 14.7. The van der Waals surface area contributed by atoms with E-state index in [4.69, 9.17) is 18.9 Å². The van der Waals surface area contributed by atoms with Gasteiger partial charge >= 0.3 is 12.0 Å². The van der Waals surface area contributed by atoms with Gasteiger partial charge in [0, 0.05) is 11.3 Å². The number of nitrogens with one attached hydrogen (secondary N) is 3. The Bertz CT molecular complexity index is 1510. The molecule has 0 radical (unpaired) electrons. The van der Waals surface area contributed by atoms with Gasteiger partial charge in [0.05, 0.1) is 31.5 Å². The molecule has 0 bridgehead atoms. The number of aliphatic hydroxyl groups is 1. The van der Waals surface area contributed by atoms with Gasteiger partial charge < -0.3 is 34.7 Å². The molecule has 0 saturated heterocycles. The number of aliphatic hydroxyl groups excluding tert-OH is 1. The van der Waals surface area contributed by atoms with Gasteiger partial charge in [-0.3, -0.25) is 5.43 Å². The van der Waals surface area contributed by atoms with Crippen molar-refractivity contribution in [2.24, 2.45) is 5.10 Å². The highest BCUT2D eigenvalue weighted by atomic mass is 19.1. The van der Waals surface area contributed by atoms with Crippen LogP contribution in [0.1, 0.15) is 36.6 Å². The Morgan fingerprint density at radius 2 is 1.91 bits per heavy atom. The summed E-state index contributed by atoms with van der Waals surface area (Å²) < 4.78 is 35.9. The molecule has 0 saturated carbocycles. The molecule has 0 unspecified atom stereocenters. The summed E-state index contributed by atoms with van der Waals surface area (Å²) in [7, 11) is 1.27. The molecule has 12 heteroatoms. The fourth-order valence-corrected chi connectivity index (χ4v) is 4.28. The van der Waals surface area contributed by atoms with Crippen LogP contribution >= 0.6 is 0 Å². The average molecular weight is 593 g/mol. The van der Waals surface area contributed by atoms with Gasteiger partial charge in [-0.1, -0.05) is 36.4 Å². The molecule has 43 heavy (non-hydrogen) atoms. The molecule has 0 spiro atoms. The van der Waals surface area contributed by atoms with Gasteiger partial charge in [-0.05, 0) is 55.3 Å². The quantitative estimate of drug-likeness (QED) is 0.101. The van der Waals surface area contributed by atoms with E-state index in [1.54, 1.807) is 74.5 Å². The summed E-state index contributed by atoms with van der Waals surface area (Å²) in [5.41, 5.74) is 4.96. The summed E-state index contributed by atoms with van der Waals surface area (Å²) in [6.07, 6.45) is 0.340. The van der Waals surface area contributed by atoms with Crippen LogP contribution in [0.15, 0.2) is 83.1 Å². The zero-order chi connectivity index (χ0) is 30.8. The molecule has 226 valence electrons. The molecule has 4 rings (SSSR count). The number of hydrogen-bond acceptors (Lipinski definition) is 9. The Labute approximate surface area is 248 Å². The number of benzene rings is 3. The van der Waals surface area contributed by atoms with Crippen LogP contribution in [0.4, 0.5) is 9.18 Å². The van der Waals surface area contributed by atoms with Gasteiger partial charge in [0.2, 0.25) is 0 Å². The van der Waals surface area contributed by atoms with E-state index in [1.165, 1.54) is 19.4 Å². The molecule has 3 aromatic rings. The minimum absolute atomic E-state index is 0.0849. The summed E-state index contributed by atoms with van der Waals surface area (Å²) in [5, 5.41) is 19.7. The molecule has 0 fully saturated rings. The lowest BCUT2D eigenvalue weighted by Gasteiger charge is -2.28. The van der Waals surface area contributed by atoms with Crippen molar-refractivity contribution < 1.29 is 38.0 Å². The van der Waals surface area contributed by atoms with E-state index in [-0.39, 0.29) is 24.6 Å². The first-order valence-corrected chi connectivity index (χ1v) is 13.5.